The highest BCUT2D eigenvalue weighted by molar-refractivity contribution is 5.96. The first kappa shape index (κ1) is 22.8. The summed E-state index contributed by atoms with van der Waals surface area (Å²) >= 11 is 0. The number of fused-ring (bicyclic) bond motifs is 1. The minimum Gasteiger partial charge on any atom is -0.294 e. The molecule has 31 heavy (non-hydrogen) atoms. The van der Waals surface area contributed by atoms with Crippen molar-refractivity contribution in [2.45, 2.75) is 92.4 Å². The van der Waals surface area contributed by atoms with Gasteiger partial charge in [0.2, 0.25) is 0 Å². The normalized spacial score (nSPS) is 41.0. The molecule has 6 atom stereocenters. The molecule has 1 heteroatoms. The van der Waals surface area contributed by atoms with E-state index in [1.807, 2.05) is 6.08 Å². The molecule has 4 aliphatic rings. The summed E-state index contributed by atoms with van der Waals surface area (Å²) in [5.41, 5.74) is 4.88. The van der Waals surface area contributed by atoms with Crippen LogP contribution in [0, 0.1) is 40.4 Å². The van der Waals surface area contributed by atoms with Crippen LogP contribution in [-0.2, 0) is 4.79 Å². The van der Waals surface area contributed by atoms with Crippen LogP contribution < -0.4 is 0 Å². The van der Waals surface area contributed by atoms with Crippen LogP contribution in [0.15, 0.2) is 47.6 Å². The van der Waals surface area contributed by atoms with Gasteiger partial charge in [-0.25, -0.2) is 0 Å². The topological polar surface area (TPSA) is 17.1 Å². The third kappa shape index (κ3) is 4.44. The molecular formula is C30H44O. The summed E-state index contributed by atoms with van der Waals surface area (Å²) in [6, 6.07) is 0. The Bertz CT molecular complexity index is 819. The van der Waals surface area contributed by atoms with E-state index >= 15 is 0 Å². The highest BCUT2D eigenvalue weighted by atomic mass is 16.1. The minimum absolute atomic E-state index is 0.0370. The maximum Gasteiger partial charge on any atom is 0.161 e. The molecule has 0 aromatic carbocycles. The second kappa shape index (κ2) is 8.53. The maximum atomic E-state index is 12.5. The van der Waals surface area contributed by atoms with Gasteiger partial charge in [0.25, 0.3) is 0 Å². The lowest BCUT2D eigenvalue weighted by molar-refractivity contribution is -0.118. The van der Waals surface area contributed by atoms with Crippen molar-refractivity contribution in [3.63, 3.8) is 0 Å². The van der Waals surface area contributed by atoms with Gasteiger partial charge in [0.05, 0.1) is 0 Å². The molecule has 0 unspecified atom stereocenters. The van der Waals surface area contributed by atoms with E-state index < -0.39 is 0 Å². The average molecular weight is 421 g/mol. The molecular weight excluding hydrogens is 376 g/mol. The molecule has 0 bridgehead atoms. The van der Waals surface area contributed by atoms with E-state index in [9.17, 15) is 4.79 Å². The van der Waals surface area contributed by atoms with Gasteiger partial charge in [-0.3, -0.25) is 4.79 Å². The van der Waals surface area contributed by atoms with Crippen LogP contribution in [0.1, 0.15) is 92.4 Å². The first-order valence-electron chi connectivity index (χ1n) is 13.0. The number of rotatable bonds is 5. The fourth-order valence-corrected chi connectivity index (χ4v) is 7.19. The number of ketones is 1. The summed E-state index contributed by atoms with van der Waals surface area (Å²) in [7, 11) is 0. The summed E-state index contributed by atoms with van der Waals surface area (Å²) < 4.78 is 0. The van der Waals surface area contributed by atoms with Gasteiger partial charge in [-0.05, 0) is 110 Å². The molecule has 170 valence electrons. The van der Waals surface area contributed by atoms with Crippen LogP contribution in [0.2, 0.25) is 0 Å². The Morgan fingerprint density at radius 3 is 2.58 bits per heavy atom. The smallest absolute Gasteiger partial charge is 0.161 e. The highest BCUT2D eigenvalue weighted by Gasteiger charge is 2.50. The molecule has 4 fully saturated rings. The molecule has 1 nitrogen and oxygen atoms in total. The predicted octanol–water partition coefficient (Wildman–Crippen LogP) is 8.24. The number of allylic oxidation sites excluding steroid dienone is 7. The van der Waals surface area contributed by atoms with Crippen molar-refractivity contribution in [1.29, 1.82) is 0 Å². The average Bonchev–Trinajstić information content (AvgIpc) is 3.37. The zero-order valence-electron chi connectivity index (χ0n) is 20.7. The highest BCUT2D eigenvalue weighted by Crippen LogP contribution is 2.59. The lowest BCUT2D eigenvalue weighted by Gasteiger charge is -2.44. The van der Waals surface area contributed by atoms with Gasteiger partial charge in [0.15, 0.2) is 5.78 Å². The molecule has 0 aliphatic heterocycles. The Labute approximate surface area is 191 Å². The zero-order chi connectivity index (χ0) is 22.4. The summed E-state index contributed by atoms with van der Waals surface area (Å²) in [5.74, 6) is 3.63. The van der Waals surface area contributed by atoms with Crippen LogP contribution in [0.4, 0.5) is 0 Å². The van der Waals surface area contributed by atoms with Gasteiger partial charge >= 0.3 is 0 Å². The van der Waals surface area contributed by atoms with Crippen LogP contribution in [-0.4, -0.2) is 5.78 Å². The van der Waals surface area contributed by atoms with Crippen molar-refractivity contribution >= 4 is 5.78 Å². The maximum absolute atomic E-state index is 12.5. The quantitative estimate of drug-likeness (QED) is 0.409. The number of hydrogen-bond donors (Lipinski definition) is 0. The predicted molar refractivity (Wildman–Crippen MR) is 132 cm³/mol. The van der Waals surface area contributed by atoms with Gasteiger partial charge in [-0.15, -0.1) is 0 Å². The van der Waals surface area contributed by atoms with E-state index in [1.54, 1.807) is 5.57 Å². The minimum atomic E-state index is -0.0370. The van der Waals surface area contributed by atoms with E-state index in [0.717, 1.165) is 18.8 Å². The molecule has 0 N–H and O–H groups in total. The van der Waals surface area contributed by atoms with Crippen molar-refractivity contribution in [2.75, 3.05) is 0 Å². The number of hydrogen-bond acceptors (Lipinski definition) is 1. The van der Waals surface area contributed by atoms with Crippen LogP contribution in [0.5, 0.6) is 0 Å². The van der Waals surface area contributed by atoms with Crippen LogP contribution in [0.25, 0.3) is 0 Å². The van der Waals surface area contributed by atoms with Gasteiger partial charge in [0.1, 0.15) is 0 Å². The molecule has 0 aromatic rings. The van der Waals surface area contributed by atoms with Crippen molar-refractivity contribution in [3.8, 4) is 0 Å². The monoisotopic (exact) mass is 420 g/mol. The third-order valence-corrected chi connectivity index (χ3v) is 9.65. The Morgan fingerprint density at radius 2 is 1.87 bits per heavy atom. The zero-order valence-corrected chi connectivity index (χ0v) is 20.7. The molecule has 0 amide bonds. The summed E-state index contributed by atoms with van der Waals surface area (Å²) in [4.78, 5) is 12.5. The molecule has 0 radical (unpaired) electrons. The number of carbonyl (C=O) groups is 1. The van der Waals surface area contributed by atoms with Crippen molar-refractivity contribution in [2.24, 2.45) is 40.4 Å². The molecule has 0 saturated heterocycles. The first-order valence-corrected chi connectivity index (χ1v) is 13.0. The number of carbonyl (C=O) groups excluding carboxylic acids is 1. The van der Waals surface area contributed by atoms with E-state index in [1.165, 1.54) is 56.1 Å². The van der Waals surface area contributed by atoms with Crippen LogP contribution in [0.3, 0.4) is 0 Å². The second-order valence-electron chi connectivity index (χ2n) is 12.1. The molecule has 4 saturated carbocycles. The van der Waals surface area contributed by atoms with E-state index in [2.05, 4.69) is 59.4 Å². The lowest BCUT2D eigenvalue weighted by Crippen LogP contribution is -2.35. The van der Waals surface area contributed by atoms with E-state index in [0.29, 0.717) is 34.9 Å². The molecule has 4 aliphatic carbocycles. The van der Waals surface area contributed by atoms with Gasteiger partial charge in [-0.1, -0.05) is 65.0 Å². The van der Waals surface area contributed by atoms with Crippen molar-refractivity contribution in [1.82, 2.24) is 0 Å². The van der Waals surface area contributed by atoms with Crippen LogP contribution >= 0.6 is 0 Å². The fraction of sp³-hybridized carbons (Fsp3) is 0.700. The summed E-state index contributed by atoms with van der Waals surface area (Å²) in [5, 5.41) is 0. The Balaban J connectivity index is 1.49. The molecule has 4 rings (SSSR count). The lowest BCUT2D eigenvalue weighted by atomic mass is 9.61. The molecule has 0 heterocycles. The Morgan fingerprint density at radius 1 is 1.13 bits per heavy atom. The van der Waals surface area contributed by atoms with Crippen molar-refractivity contribution in [3.05, 3.63) is 47.6 Å². The second-order valence-corrected chi connectivity index (χ2v) is 12.1. The standard InChI is InChI=1S/C30H44O/c1-20-18-22(3)23(4)25(19-20)11-10-24-8-7-15-30(6)26(12-13-27(24)30)21(2)9-14-28(31)29(5)16-17-29/h9-11,14,20-22,26-27H,4,7-8,12-13,15-19H2,1-3,5-6H3/b14-9+,24-10+,25-11-/t20-,21+,22-,26+,27-,30+/m0/s1. The van der Waals surface area contributed by atoms with E-state index in [-0.39, 0.29) is 5.41 Å². The van der Waals surface area contributed by atoms with Gasteiger partial charge in [0, 0.05) is 5.41 Å². The summed E-state index contributed by atoms with van der Waals surface area (Å²) in [6.07, 6.45) is 20.2. The fourth-order valence-electron chi connectivity index (χ4n) is 7.19. The van der Waals surface area contributed by atoms with Gasteiger partial charge in [-0.2, -0.15) is 0 Å². The SMILES string of the molecule is C=C1/C(=C\C=C2/CCC[C@]3(C)[C@@H]([C@H](C)/C=C/C(=O)C4(C)CC4)CC[C@@H]23)C[C@@H](C)C[C@@H]1C. The van der Waals surface area contributed by atoms with Gasteiger partial charge < -0.3 is 0 Å². The Hall–Kier alpha value is -1.37. The largest absolute Gasteiger partial charge is 0.294 e. The van der Waals surface area contributed by atoms with E-state index in [4.69, 9.17) is 0 Å². The Kier molecular flexibility index (Phi) is 6.27. The molecule has 0 spiro atoms. The first-order chi connectivity index (χ1) is 14.6. The van der Waals surface area contributed by atoms with Crippen molar-refractivity contribution < 1.29 is 4.79 Å². The molecule has 0 aromatic heterocycles. The third-order valence-electron chi connectivity index (χ3n) is 9.65. The summed E-state index contributed by atoms with van der Waals surface area (Å²) in [6.45, 7) is 16.1.